The Balaban J connectivity index is 2.28. The molecule has 62 valence electrons. The van der Waals surface area contributed by atoms with E-state index in [1.54, 1.807) is 0 Å². The summed E-state index contributed by atoms with van der Waals surface area (Å²) in [6, 6.07) is 0.399. The van der Waals surface area contributed by atoms with E-state index in [-0.39, 0.29) is 5.91 Å². The number of nitrogens with one attached hydrogen (secondary N) is 1. The van der Waals surface area contributed by atoms with Crippen molar-refractivity contribution in [3.8, 4) is 0 Å². The Hall–Kier alpha value is -0.790. The molecule has 2 nitrogen and oxygen atoms in total. The smallest absolute Gasteiger partial charge is 0.243 e. The highest BCUT2D eigenvalue weighted by atomic mass is 16.1. The van der Waals surface area contributed by atoms with Crippen LogP contribution in [0.5, 0.6) is 0 Å². The van der Waals surface area contributed by atoms with Crippen molar-refractivity contribution in [1.29, 1.82) is 0 Å². The fourth-order valence-electron chi connectivity index (χ4n) is 1.60. The van der Waals surface area contributed by atoms with Crippen LogP contribution in [0.4, 0.5) is 0 Å². The van der Waals surface area contributed by atoms with Crippen molar-refractivity contribution in [3.05, 3.63) is 12.7 Å². The average molecular weight is 153 g/mol. The summed E-state index contributed by atoms with van der Waals surface area (Å²) in [6.45, 7) is 5.63. The lowest BCUT2D eigenvalue weighted by atomic mass is 10.1. The first-order valence-corrected chi connectivity index (χ1v) is 4.15. The van der Waals surface area contributed by atoms with Gasteiger partial charge in [0.2, 0.25) is 5.91 Å². The zero-order chi connectivity index (χ0) is 8.27. The first kappa shape index (κ1) is 8.31. The van der Waals surface area contributed by atoms with Gasteiger partial charge in [0.15, 0.2) is 0 Å². The maximum absolute atomic E-state index is 10.8. The third kappa shape index (κ3) is 2.37. The molecule has 1 N–H and O–H groups in total. The van der Waals surface area contributed by atoms with E-state index >= 15 is 0 Å². The molecule has 1 fully saturated rings. The lowest BCUT2D eigenvalue weighted by Crippen LogP contribution is -2.31. The molecule has 1 amide bonds. The van der Waals surface area contributed by atoms with Crippen LogP contribution in [-0.2, 0) is 4.79 Å². The Kier molecular flexibility index (Phi) is 2.69. The number of hydrogen-bond donors (Lipinski definition) is 1. The van der Waals surface area contributed by atoms with Gasteiger partial charge in [-0.1, -0.05) is 13.5 Å². The monoisotopic (exact) mass is 153 g/mol. The van der Waals surface area contributed by atoms with Crippen molar-refractivity contribution in [2.24, 2.45) is 5.92 Å². The Labute approximate surface area is 67.7 Å². The van der Waals surface area contributed by atoms with Crippen LogP contribution >= 0.6 is 0 Å². The fraction of sp³-hybridized carbons (Fsp3) is 0.667. The van der Waals surface area contributed by atoms with E-state index in [0.29, 0.717) is 6.04 Å². The minimum Gasteiger partial charge on any atom is -0.350 e. The predicted octanol–water partition coefficient (Wildman–Crippen LogP) is 1.48. The van der Waals surface area contributed by atoms with Gasteiger partial charge >= 0.3 is 0 Å². The van der Waals surface area contributed by atoms with E-state index in [2.05, 4.69) is 18.8 Å². The number of hydrogen-bond acceptors (Lipinski definition) is 1. The van der Waals surface area contributed by atoms with Crippen LogP contribution in [0.15, 0.2) is 12.7 Å². The lowest BCUT2D eigenvalue weighted by Gasteiger charge is -2.09. The van der Waals surface area contributed by atoms with E-state index in [4.69, 9.17) is 0 Å². The normalized spacial score (nSPS) is 29.9. The molecule has 0 aromatic carbocycles. The molecular formula is C9H15NO. The van der Waals surface area contributed by atoms with Crippen molar-refractivity contribution in [3.63, 3.8) is 0 Å². The summed E-state index contributed by atoms with van der Waals surface area (Å²) in [7, 11) is 0. The van der Waals surface area contributed by atoms with Gasteiger partial charge in [-0.25, -0.2) is 0 Å². The van der Waals surface area contributed by atoms with Gasteiger partial charge < -0.3 is 5.32 Å². The fourth-order valence-corrected chi connectivity index (χ4v) is 1.60. The molecule has 0 bridgehead atoms. The molecule has 0 aromatic heterocycles. The second kappa shape index (κ2) is 3.56. The summed E-state index contributed by atoms with van der Waals surface area (Å²) < 4.78 is 0. The Bertz CT molecular complexity index is 165. The summed E-state index contributed by atoms with van der Waals surface area (Å²) in [6.07, 6.45) is 4.82. The van der Waals surface area contributed by atoms with Gasteiger partial charge in [-0.3, -0.25) is 4.79 Å². The predicted molar refractivity (Wildman–Crippen MR) is 45.1 cm³/mol. The van der Waals surface area contributed by atoms with Crippen molar-refractivity contribution in [1.82, 2.24) is 5.32 Å². The topological polar surface area (TPSA) is 29.1 Å². The summed E-state index contributed by atoms with van der Waals surface area (Å²) in [5.74, 6) is 0.731. The molecule has 2 heteroatoms. The maximum atomic E-state index is 10.8. The van der Waals surface area contributed by atoms with Gasteiger partial charge in [0, 0.05) is 6.04 Å². The molecule has 11 heavy (non-hydrogen) atoms. The van der Waals surface area contributed by atoms with Crippen LogP contribution < -0.4 is 5.32 Å². The average Bonchev–Trinajstić information content (AvgIpc) is 2.35. The van der Waals surface area contributed by atoms with Crippen LogP contribution in [0, 0.1) is 5.92 Å². The Morgan fingerprint density at radius 3 is 2.82 bits per heavy atom. The minimum atomic E-state index is -0.0379. The van der Waals surface area contributed by atoms with Gasteiger partial charge in [0.1, 0.15) is 0 Å². The first-order valence-electron chi connectivity index (χ1n) is 4.15. The third-order valence-corrected chi connectivity index (χ3v) is 2.23. The lowest BCUT2D eigenvalue weighted by molar-refractivity contribution is -0.117. The SMILES string of the molecule is C=CC(=O)N[C@@H]1CCC(C)C1. The van der Waals surface area contributed by atoms with Crippen molar-refractivity contribution in [2.75, 3.05) is 0 Å². The van der Waals surface area contributed by atoms with Gasteiger partial charge in [0.25, 0.3) is 0 Å². The number of rotatable bonds is 2. The zero-order valence-electron chi connectivity index (χ0n) is 6.97. The maximum Gasteiger partial charge on any atom is 0.243 e. The van der Waals surface area contributed by atoms with E-state index in [0.717, 1.165) is 18.8 Å². The van der Waals surface area contributed by atoms with E-state index in [1.165, 1.54) is 12.5 Å². The Morgan fingerprint density at radius 1 is 1.64 bits per heavy atom. The summed E-state index contributed by atoms with van der Waals surface area (Å²) in [5, 5.41) is 2.90. The van der Waals surface area contributed by atoms with E-state index in [9.17, 15) is 4.79 Å². The number of amides is 1. The highest BCUT2D eigenvalue weighted by Gasteiger charge is 2.21. The van der Waals surface area contributed by atoms with Crippen molar-refractivity contribution < 1.29 is 4.79 Å². The Morgan fingerprint density at radius 2 is 2.36 bits per heavy atom. The zero-order valence-corrected chi connectivity index (χ0v) is 6.97. The van der Waals surface area contributed by atoms with E-state index in [1.807, 2.05) is 0 Å². The third-order valence-electron chi connectivity index (χ3n) is 2.23. The molecule has 0 aliphatic heterocycles. The molecule has 1 saturated carbocycles. The second-order valence-corrected chi connectivity index (χ2v) is 3.33. The molecular weight excluding hydrogens is 138 g/mol. The molecule has 1 unspecified atom stereocenters. The summed E-state index contributed by atoms with van der Waals surface area (Å²) >= 11 is 0. The van der Waals surface area contributed by atoms with Gasteiger partial charge in [-0.15, -0.1) is 0 Å². The molecule has 1 rings (SSSR count). The van der Waals surface area contributed by atoms with Gasteiger partial charge in [-0.05, 0) is 31.3 Å². The number of carbonyl (C=O) groups is 1. The van der Waals surface area contributed by atoms with Crippen LogP contribution in [0.2, 0.25) is 0 Å². The van der Waals surface area contributed by atoms with Gasteiger partial charge in [-0.2, -0.15) is 0 Å². The molecule has 0 heterocycles. The molecule has 2 atom stereocenters. The van der Waals surface area contributed by atoms with E-state index < -0.39 is 0 Å². The molecule has 0 aromatic rings. The molecule has 0 saturated heterocycles. The summed E-state index contributed by atoms with van der Waals surface area (Å²) in [4.78, 5) is 10.8. The minimum absolute atomic E-state index is 0.0379. The summed E-state index contributed by atoms with van der Waals surface area (Å²) in [5.41, 5.74) is 0. The standard InChI is InChI=1S/C9H15NO/c1-3-9(11)10-8-5-4-7(2)6-8/h3,7-8H,1,4-6H2,2H3,(H,10,11)/t7?,8-/m1/s1. The van der Waals surface area contributed by atoms with Crippen molar-refractivity contribution in [2.45, 2.75) is 32.2 Å². The van der Waals surface area contributed by atoms with Crippen LogP contribution in [0.3, 0.4) is 0 Å². The number of carbonyl (C=O) groups excluding carboxylic acids is 1. The van der Waals surface area contributed by atoms with Crippen LogP contribution in [0.25, 0.3) is 0 Å². The molecule has 1 aliphatic rings. The van der Waals surface area contributed by atoms with Crippen molar-refractivity contribution >= 4 is 5.91 Å². The molecule has 0 spiro atoms. The molecule has 0 radical (unpaired) electrons. The largest absolute Gasteiger partial charge is 0.350 e. The van der Waals surface area contributed by atoms with Gasteiger partial charge in [0.05, 0.1) is 0 Å². The highest BCUT2D eigenvalue weighted by Crippen LogP contribution is 2.24. The van der Waals surface area contributed by atoms with Crippen LogP contribution in [0.1, 0.15) is 26.2 Å². The quantitative estimate of drug-likeness (QED) is 0.598. The van der Waals surface area contributed by atoms with Crippen LogP contribution in [-0.4, -0.2) is 11.9 Å². The highest BCUT2D eigenvalue weighted by molar-refractivity contribution is 5.87. The second-order valence-electron chi connectivity index (χ2n) is 3.33. The molecule has 1 aliphatic carbocycles. The first-order chi connectivity index (χ1) is 5.22.